The lowest BCUT2D eigenvalue weighted by atomic mass is 10.1. The van der Waals surface area contributed by atoms with E-state index in [0.717, 1.165) is 5.56 Å². The van der Waals surface area contributed by atoms with Crippen LogP contribution in [0.15, 0.2) is 54.9 Å². The molecule has 0 atom stereocenters. The standard InChI is InChI=1S/C18H15Cl2N3O/c1-12-4-2-5-13(8-12)10-23-11-14(9-21-23)22-18(24)15-6-3-7-16(19)17(15)20/h2-9,11H,10H2,1H3,(H,22,24). The topological polar surface area (TPSA) is 46.9 Å². The number of carbonyl (C=O) groups is 1. The van der Waals surface area contributed by atoms with Gasteiger partial charge in [0.1, 0.15) is 0 Å². The molecule has 0 spiro atoms. The van der Waals surface area contributed by atoms with Crippen molar-refractivity contribution in [3.8, 4) is 0 Å². The second-order valence-corrected chi connectivity index (χ2v) is 6.26. The fraction of sp³-hybridized carbons (Fsp3) is 0.111. The van der Waals surface area contributed by atoms with E-state index in [1.54, 1.807) is 35.3 Å². The number of anilines is 1. The van der Waals surface area contributed by atoms with Crippen LogP contribution in [0.4, 0.5) is 5.69 Å². The van der Waals surface area contributed by atoms with Gasteiger partial charge in [-0.2, -0.15) is 5.10 Å². The van der Waals surface area contributed by atoms with Crippen LogP contribution in [0.2, 0.25) is 10.0 Å². The van der Waals surface area contributed by atoms with Crippen LogP contribution in [-0.2, 0) is 6.54 Å². The van der Waals surface area contributed by atoms with Crippen molar-refractivity contribution >= 4 is 34.8 Å². The van der Waals surface area contributed by atoms with E-state index >= 15 is 0 Å². The number of nitrogens with one attached hydrogen (secondary N) is 1. The summed E-state index contributed by atoms with van der Waals surface area (Å²) >= 11 is 12.0. The van der Waals surface area contributed by atoms with Crippen LogP contribution < -0.4 is 5.32 Å². The SMILES string of the molecule is Cc1cccc(Cn2cc(NC(=O)c3cccc(Cl)c3Cl)cn2)c1. The molecule has 0 aliphatic carbocycles. The number of halogens is 2. The summed E-state index contributed by atoms with van der Waals surface area (Å²) in [5, 5.41) is 7.64. The molecule has 4 nitrogen and oxygen atoms in total. The molecule has 0 bridgehead atoms. The van der Waals surface area contributed by atoms with E-state index in [1.165, 1.54) is 5.56 Å². The molecular weight excluding hydrogens is 345 g/mol. The summed E-state index contributed by atoms with van der Waals surface area (Å²) in [6, 6.07) is 13.2. The lowest BCUT2D eigenvalue weighted by Crippen LogP contribution is -2.12. The zero-order valence-corrected chi connectivity index (χ0v) is 14.5. The third-order valence-corrected chi connectivity index (χ3v) is 4.33. The summed E-state index contributed by atoms with van der Waals surface area (Å²) in [6.07, 6.45) is 3.38. The van der Waals surface area contributed by atoms with E-state index in [1.807, 2.05) is 25.1 Å². The normalized spacial score (nSPS) is 10.6. The van der Waals surface area contributed by atoms with Gasteiger partial charge in [0.25, 0.3) is 5.91 Å². The number of aryl methyl sites for hydroxylation is 1. The Morgan fingerprint density at radius 2 is 2.00 bits per heavy atom. The largest absolute Gasteiger partial charge is 0.319 e. The van der Waals surface area contributed by atoms with Gasteiger partial charge in [-0.05, 0) is 24.6 Å². The third-order valence-electron chi connectivity index (χ3n) is 3.51. The van der Waals surface area contributed by atoms with Crippen LogP contribution in [0.5, 0.6) is 0 Å². The Morgan fingerprint density at radius 3 is 2.79 bits per heavy atom. The molecule has 24 heavy (non-hydrogen) atoms. The maximum atomic E-state index is 12.3. The average Bonchev–Trinajstić information content (AvgIpc) is 2.97. The number of nitrogens with zero attached hydrogens (tertiary/aromatic N) is 2. The van der Waals surface area contributed by atoms with E-state index < -0.39 is 0 Å². The predicted molar refractivity (Wildman–Crippen MR) is 96.9 cm³/mol. The number of benzene rings is 2. The molecule has 1 heterocycles. The van der Waals surface area contributed by atoms with Crippen LogP contribution in [0.25, 0.3) is 0 Å². The molecule has 0 unspecified atom stereocenters. The highest BCUT2D eigenvalue weighted by Gasteiger charge is 2.13. The molecule has 0 aliphatic heterocycles. The maximum Gasteiger partial charge on any atom is 0.257 e. The Balaban J connectivity index is 1.72. The van der Waals surface area contributed by atoms with Crippen LogP contribution in [-0.4, -0.2) is 15.7 Å². The first-order chi connectivity index (χ1) is 11.5. The molecule has 1 aromatic heterocycles. The molecule has 3 aromatic rings. The van der Waals surface area contributed by atoms with Crippen LogP contribution in [0, 0.1) is 6.92 Å². The first-order valence-electron chi connectivity index (χ1n) is 7.36. The van der Waals surface area contributed by atoms with Gasteiger partial charge in [-0.3, -0.25) is 9.48 Å². The van der Waals surface area contributed by atoms with E-state index in [0.29, 0.717) is 22.8 Å². The summed E-state index contributed by atoms with van der Waals surface area (Å²) in [5.41, 5.74) is 3.27. The fourth-order valence-electron chi connectivity index (χ4n) is 2.39. The number of hydrogen-bond acceptors (Lipinski definition) is 2. The van der Waals surface area contributed by atoms with Crippen molar-refractivity contribution in [3.05, 3.63) is 81.6 Å². The van der Waals surface area contributed by atoms with Crippen molar-refractivity contribution in [3.63, 3.8) is 0 Å². The zero-order valence-electron chi connectivity index (χ0n) is 13.0. The molecule has 122 valence electrons. The summed E-state index contributed by atoms with van der Waals surface area (Å²) in [5.74, 6) is -0.322. The van der Waals surface area contributed by atoms with Gasteiger partial charge in [-0.25, -0.2) is 0 Å². The molecule has 2 aromatic carbocycles. The molecule has 0 radical (unpaired) electrons. The van der Waals surface area contributed by atoms with Crippen LogP contribution in [0.1, 0.15) is 21.5 Å². The highest BCUT2D eigenvalue weighted by atomic mass is 35.5. The summed E-state index contributed by atoms with van der Waals surface area (Å²) < 4.78 is 1.77. The van der Waals surface area contributed by atoms with Gasteiger partial charge in [0.15, 0.2) is 0 Å². The third kappa shape index (κ3) is 3.78. The molecule has 0 fully saturated rings. The van der Waals surface area contributed by atoms with Gasteiger partial charge in [0.05, 0.1) is 34.0 Å². The smallest absolute Gasteiger partial charge is 0.257 e. The Morgan fingerprint density at radius 1 is 1.21 bits per heavy atom. The molecule has 3 rings (SSSR count). The minimum atomic E-state index is -0.322. The van der Waals surface area contributed by atoms with Gasteiger partial charge in [0.2, 0.25) is 0 Å². The van der Waals surface area contributed by atoms with Gasteiger partial charge in [0, 0.05) is 6.20 Å². The molecule has 6 heteroatoms. The van der Waals surface area contributed by atoms with Crippen molar-refractivity contribution in [2.75, 3.05) is 5.32 Å². The Hall–Kier alpha value is -2.30. The molecule has 1 N–H and O–H groups in total. The zero-order chi connectivity index (χ0) is 17.1. The van der Waals surface area contributed by atoms with Gasteiger partial charge in [-0.15, -0.1) is 0 Å². The number of aromatic nitrogens is 2. The van der Waals surface area contributed by atoms with Crippen molar-refractivity contribution in [2.45, 2.75) is 13.5 Å². The summed E-state index contributed by atoms with van der Waals surface area (Å²) in [6.45, 7) is 2.68. The minimum Gasteiger partial charge on any atom is -0.319 e. The molecule has 0 saturated carbocycles. The van der Waals surface area contributed by atoms with Crippen molar-refractivity contribution in [1.29, 1.82) is 0 Å². The number of amides is 1. The van der Waals surface area contributed by atoms with E-state index in [9.17, 15) is 4.79 Å². The van der Waals surface area contributed by atoms with Crippen molar-refractivity contribution < 1.29 is 4.79 Å². The molecule has 0 aliphatic rings. The highest BCUT2D eigenvalue weighted by molar-refractivity contribution is 6.44. The summed E-state index contributed by atoms with van der Waals surface area (Å²) in [7, 11) is 0. The second-order valence-electron chi connectivity index (χ2n) is 5.47. The van der Waals surface area contributed by atoms with Crippen LogP contribution >= 0.6 is 23.2 Å². The Kier molecular flexibility index (Phi) is 4.88. The quantitative estimate of drug-likeness (QED) is 0.727. The van der Waals surface area contributed by atoms with Gasteiger partial charge < -0.3 is 5.32 Å². The first kappa shape index (κ1) is 16.6. The van der Waals surface area contributed by atoms with Gasteiger partial charge in [-0.1, -0.05) is 59.1 Å². The summed E-state index contributed by atoms with van der Waals surface area (Å²) in [4.78, 5) is 12.3. The average molecular weight is 360 g/mol. The molecule has 1 amide bonds. The van der Waals surface area contributed by atoms with E-state index in [2.05, 4.69) is 16.5 Å². The lowest BCUT2D eigenvalue weighted by Gasteiger charge is -2.06. The monoisotopic (exact) mass is 359 g/mol. The van der Waals surface area contributed by atoms with Crippen molar-refractivity contribution in [2.24, 2.45) is 0 Å². The number of carbonyl (C=O) groups excluding carboxylic acids is 1. The predicted octanol–water partition coefficient (Wildman–Crippen LogP) is 4.80. The Bertz CT molecular complexity index is 889. The van der Waals surface area contributed by atoms with Crippen LogP contribution in [0.3, 0.4) is 0 Å². The van der Waals surface area contributed by atoms with Crippen molar-refractivity contribution in [1.82, 2.24) is 9.78 Å². The maximum absolute atomic E-state index is 12.3. The minimum absolute atomic E-state index is 0.240. The second kappa shape index (κ2) is 7.07. The number of hydrogen-bond donors (Lipinski definition) is 1. The molecule has 0 saturated heterocycles. The highest BCUT2D eigenvalue weighted by Crippen LogP contribution is 2.26. The first-order valence-corrected chi connectivity index (χ1v) is 8.12. The lowest BCUT2D eigenvalue weighted by molar-refractivity contribution is 0.102. The van der Waals surface area contributed by atoms with E-state index in [4.69, 9.17) is 23.2 Å². The van der Waals surface area contributed by atoms with E-state index in [-0.39, 0.29) is 10.9 Å². The Labute approximate surface area is 150 Å². The molecular formula is C18H15Cl2N3O. The number of rotatable bonds is 4. The fourth-order valence-corrected chi connectivity index (χ4v) is 2.78. The van der Waals surface area contributed by atoms with Gasteiger partial charge >= 0.3 is 0 Å².